The average molecular weight is 211 g/mol. The van der Waals surface area contributed by atoms with Gasteiger partial charge in [0.1, 0.15) is 0 Å². The number of para-hydroxylation sites is 2. The fraction of sp³-hybridized carbons (Fsp3) is 0.143. The van der Waals surface area contributed by atoms with Gasteiger partial charge >= 0.3 is 6.61 Å². The van der Waals surface area contributed by atoms with Gasteiger partial charge in [0, 0.05) is 0 Å². The van der Waals surface area contributed by atoms with Crippen LogP contribution in [-0.4, -0.2) is 6.61 Å². The van der Waals surface area contributed by atoms with E-state index in [2.05, 4.69) is 10.2 Å². The van der Waals surface area contributed by atoms with Crippen LogP contribution in [0.3, 0.4) is 0 Å². The molecule has 74 valence electrons. The van der Waals surface area contributed by atoms with E-state index in [1.54, 1.807) is 12.1 Å². The van der Waals surface area contributed by atoms with E-state index in [1.165, 1.54) is 12.1 Å². The van der Waals surface area contributed by atoms with Gasteiger partial charge in [0.15, 0.2) is 5.75 Å². The summed E-state index contributed by atoms with van der Waals surface area (Å²) in [4.78, 5) is 0. The van der Waals surface area contributed by atoms with Crippen molar-refractivity contribution >= 4 is 18.1 Å². The molecule has 1 rings (SSSR count). The highest BCUT2D eigenvalue weighted by molar-refractivity contribution is 5.85. The van der Waals surface area contributed by atoms with E-state index in [-0.39, 0.29) is 18.2 Å². The van der Waals surface area contributed by atoms with Gasteiger partial charge in [-0.3, -0.25) is 5.84 Å². The molecule has 0 aliphatic carbocycles. The molecule has 0 aliphatic heterocycles. The van der Waals surface area contributed by atoms with Crippen molar-refractivity contribution in [3.05, 3.63) is 24.3 Å². The Bertz CT molecular complexity index is 260. The zero-order valence-corrected chi connectivity index (χ0v) is 7.35. The zero-order valence-electron chi connectivity index (χ0n) is 6.54. The Morgan fingerprint density at radius 1 is 1.31 bits per heavy atom. The summed E-state index contributed by atoms with van der Waals surface area (Å²) in [7, 11) is 0. The molecule has 3 N–H and O–H groups in total. The maximum absolute atomic E-state index is 11.7. The van der Waals surface area contributed by atoms with E-state index in [4.69, 9.17) is 5.84 Å². The number of ether oxygens (including phenoxy) is 1. The molecule has 0 heterocycles. The second-order valence-electron chi connectivity index (χ2n) is 2.02. The number of rotatable bonds is 3. The predicted molar refractivity (Wildman–Crippen MR) is 48.1 cm³/mol. The van der Waals surface area contributed by atoms with E-state index < -0.39 is 6.61 Å². The number of alkyl halides is 2. The Balaban J connectivity index is 0.00000144. The normalized spacial score (nSPS) is 9.23. The average Bonchev–Trinajstić information content (AvgIpc) is 2.04. The number of nitrogens with two attached hydrogens (primary N) is 1. The molecular formula is C7H9ClF2N2O. The van der Waals surface area contributed by atoms with Crippen LogP contribution in [0.1, 0.15) is 0 Å². The largest absolute Gasteiger partial charge is 0.433 e. The fourth-order valence-corrected chi connectivity index (χ4v) is 0.785. The molecule has 6 heteroatoms. The molecule has 3 nitrogen and oxygen atoms in total. The second-order valence-corrected chi connectivity index (χ2v) is 2.02. The first kappa shape index (κ1) is 11.9. The highest BCUT2D eigenvalue weighted by atomic mass is 35.5. The summed E-state index contributed by atoms with van der Waals surface area (Å²) in [5.74, 6) is 5.09. The first-order valence-corrected chi connectivity index (χ1v) is 3.24. The van der Waals surface area contributed by atoms with Crippen LogP contribution in [0.5, 0.6) is 5.75 Å². The van der Waals surface area contributed by atoms with E-state index in [0.717, 1.165) is 0 Å². The molecule has 0 spiro atoms. The van der Waals surface area contributed by atoms with Crippen LogP contribution in [0.15, 0.2) is 24.3 Å². The molecule has 13 heavy (non-hydrogen) atoms. The Morgan fingerprint density at radius 2 is 1.92 bits per heavy atom. The molecule has 0 unspecified atom stereocenters. The first-order chi connectivity index (χ1) is 5.74. The highest BCUT2D eigenvalue weighted by Crippen LogP contribution is 2.23. The zero-order chi connectivity index (χ0) is 8.97. The van der Waals surface area contributed by atoms with E-state index in [0.29, 0.717) is 5.69 Å². The first-order valence-electron chi connectivity index (χ1n) is 3.24. The molecule has 0 atom stereocenters. The SMILES string of the molecule is Cl.NNc1ccccc1OC(F)F. The summed E-state index contributed by atoms with van der Waals surface area (Å²) in [5, 5.41) is 0. The predicted octanol–water partition coefficient (Wildman–Crippen LogP) is 2.00. The number of halogens is 3. The van der Waals surface area contributed by atoms with Gasteiger partial charge < -0.3 is 10.2 Å². The van der Waals surface area contributed by atoms with Crippen molar-refractivity contribution in [2.75, 3.05) is 5.43 Å². The van der Waals surface area contributed by atoms with Crippen LogP contribution in [0.4, 0.5) is 14.5 Å². The number of nitrogen functional groups attached to an aromatic ring is 1. The summed E-state index contributed by atoms with van der Waals surface area (Å²) in [6.45, 7) is -2.83. The molecule has 0 bridgehead atoms. The Labute approximate surface area is 80.3 Å². The van der Waals surface area contributed by atoms with E-state index in [1.807, 2.05) is 0 Å². The molecule has 1 aromatic rings. The Hall–Kier alpha value is -1.07. The van der Waals surface area contributed by atoms with Gasteiger partial charge in [-0.15, -0.1) is 12.4 Å². The van der Waals surface area contributed by atoms with Crippen LogP contribution < -0.4 is 16.0 Å². The molecule has 0 amide bonds. The van der Waals surface area contributed by atoms with Gasteiger partial charge in [-0.25, -0.2) is 0 Å². The second kappa shape index (κ2) is 5.55. The van der Waals surface area contributed by atoms with Crippen LogP contribution in [-0.2, 0) is 0 Å². The minimum Gasteiger partial charge on any atom is -0.433 e. The van der Waals surface area contributed by atoms with Gasteiger partial charge in [-0.05, 0) is 12.1 Å². The van der Waals surface area contributed by atoms with Gasteiger partial charge in [-0.2, -0.15) is 8.78 Å². The summed E-state index contributed by atoms with van der Waals surface area (Å²) in [6, 6.07) is 6.19. The topological polar surface area (TPSA) is 47.3 Å². The van der Waals surface area contributed by atoms with Gasteiger partial charge in [0.2, 0.25) is 0 Å². The molecule has 1 aromatic carbocycles. The maximum atomic E-state index is 11.7. The third kappa shape index (κ3) is 3.43. The van der Waals surface area contributed by atoms with Crippen LogP contribution in [0.2, 0.25) is 0 Å². The third-order valence-electron chi connectivity index (χ3n) is 1.26. The molecule has 0 fully saturated rings. The van der Waals surface area contributed by atoms with Crippen molar-refractivity contribution in [1.29, 1.82) is 0 Å². The molecule has 0 radical (unpaired) electrons. The summed E-state index contributed by atoms with van der Waals surface area (Å²) < 4.78 is 27.7. The smallest absolute Gasteiger partial charge is 0.387 e. The van der Waals surface area contributed by atoms with Crippen molar-refractivity contribution in [2.24, 2.45) is 5.84 Å². The Morgan fingerprint density at radius 3 is 2.46 bits per heavy atom. The quantitative estimate of drug-likeness (QED) is 0.593. The lowest BCUT2D eigenvalue weighted by Crippen LogP contribution is -2.10. The number of hydrogen-bond acceptors (Lipinski definition) is 3. The number of hydrogen-bond donors (Lipinski definition) is 2. The maximum Gasteiger partial charge on any atom is 0.387 e. The molecule has 0 saturated carbocycles. The van der Waals surface area contributed by atoms with Crippen molar-refractivity contribution in [2.45, 2.75) is 6.61 Å². The van der Waals surface area contributed by atoms with E-state index in [9.17, 15) is 8.78 Å². The lowest BCUT2D eigenvalue weighted by Gasteiger charge is -2.08. The summed E-state index contributed by atoms with van der Waals surface area (Å²) in [5.41, 5.74) is 2.57. The minimum absolute atomic E-state index is 0. The molecule has 0 aromatic heterocycles. The van der Waals surface area contributed by atoms with Gasteiger partial charge in [0.25, 0.3) is 0 Å². The highest BCUT2D eigenvalue weighted by Gasteiger charge is 2.06. The Kier molecular flexibility index (Phi) is 5.10. The van der Waals surface area contributed by atoms with Crippen LogP contribution >= 0.6 is 12.4 Å². The lowest BCUT2D eigenvalue weighted by atomic mass is 10.3. The van der Waals surface area contributed by atoms with Crippen molar-refractivity contribution in [3.8, 4) is 5.75 Å². The molecule has 0 aliphatic rings. The third-order valence-corrected chi connectivity index (χ3v) is 1.26. The number of anilines is 1. The number of nitrogens with one attached hydrogen (secondary N) is 1. The lowest BCUT2D eigenvalue weighted by molar-refractivity contribution is -0.0493. The minimum atomic E-state index is -2.83. The summed E-state index contributed by atoms with van der Waals surface area (Å²) in [6.07, 6.45) is 0. The monoisotopic (exact) mass is 210 g/mol. The summed E-state index contributed by atoms with van der Waals surface area (Å²) >= 11 is 0. The number of benzene rings is 1. The van der Waals surface area contributed by atoms with Gasteiger partial charge in [-0.1, -0.05) is 12.1 Å². The fourth-order valence-electron chi connectivity index (χ4n) is 0.785. The van der Waals surface area contributed by atoms with Crippen molar-refractivity contribution in [3.63, 3.8) is 0 Å². The molecule has 0 saturated heterocycles. The van der Waals surface area contributed by atoms with Gasteiger partial charge in [0.05, 0.1) is 5.69 Å². The molecular weight excluding hydrogens is 202 g/mol. The van der Waals surface area contributed by atoms with Crippen LogP contribution in [0, 0.1) is 0 Å². The number of hydrazine groups is 1. The van der Waals surface area contributed by atoms with Crippen molar-refractivity contribution < 1.29 is 13.5 Å². The van der Waals surface area contributed by atoms with E-state index >= 15 is 0 Å². The van der Waals surface area contributed by atoms with Crippen LogP contribution in [0.25, 0.3) is 0 Å². The standard InChI is InChI=1S/C7H8F2N2O.ClH/c8-7(9)12-6-4-2-1-3-5(6)11-10;/h1-4,7,11H,10H2;1H. The van der Waals surface area contributed by atoms with Crippen molar-refractivity contribution in [1.82, 2.24) is 0 Å².